The summed E-state index contributed by atoms with van der Waals surface area (Å²) >= 11 is 3.46. The quantitative estimate of drug-likeness (QED) is 0.501. The van der Waals surface area contributed by atoms with Crippen LogP contribution in [0.25, 0.3) is 0 Å². The number of nitrogens with zero attached hydrogens (tertiary/aromatic N) is 2. The molecule has 2 aliphatic heterocycles. The van der Waals surface area contributed by atoms with Gasteiger partial charge in [0.1, 0.15) is 29.5 Å². The van der Waals surface area contributed by atoms with Crippen molar-refractivity contribution in [2.24, 2.45) is 0 Å². The molecule has 1 N–H and O–H groups in total. The van der Waals surface area contributed by atoms with E-state index < -0.39 is 45.1 Å². The predicted molar refractivity (Wildman–Crippen MR) is 123 cm³/mol. The maximum atomic E-state index is 15.8. The van der Waals surface area contributed by atoms with Crippen molar-refractivity contribution >= 4 is 31.6 Å². The van der Waals surface area contributed by atoms with Crippen molar-refractivity contribution in [1.82, 2.24) is 10.4 Å². The highest BCUT2D eigenvalue weighted by Gasteiger charge is 2.35. The Morgan fingerprint density at radius 2 is 2.03 bits per heavy atom. The van der Waals surface area contributed by atoms with Crippen molar-refractivity contribution in [2.45, 2.75) is 36.4 Å². The van der Waals surface area contributed by atoms with Crippen LogP contribution in [0, 0.1) is 17.5 Å². The van der Waals surface area contributed by atoms with Crippen molar-refractivity contribution in [3.63, 3.8) is 0 Å². The number of benzene rings is 2. The molecule has 0 saturated carbocycles. The normalized spacial score (nSPS) is 21.0. The fraction of sp³-hybridized carbons (Fsp3) is 0.364. The third-order valence-electron chi connectivity index (χ3n) is 5.58. The molecule has 0 spiro atoms. The lowest BCUT2D eigenvalue weighted by atomic mass is 10.1. The standard InChI is InChI=1S/C22H23BrF3N3O4S/c1-32-13-29(34(30,31)19-11-14(24)8-9-17(19)25)18-6-4-5-15(21(18)26)22-16(23)12-28(27-22)20-7-2-3-10-33-20/h4-6,8-9,11-12,20,22,27H,2-3,7,10,13H2,1H3. The lowest BCUT2D eigenvalue weighted by Crippen LogP contribution is -2.43. The van der Waals surface area contributed by atoms with Gasteiger partial charge >= 0.3 is 0 Å². The van der Waals surface area contributed by atoms with Gasteiger partial charge in [0, 0.05) is 30.0 Å². The number of hydrazine groups is 1. The van der Waals surface area contributed by atoms with Crippen molar-refractivity contribution in [3.05, 3.63) is 70.1 Å². The number of hydrogen-bond acceptors (Lipinski definition) is 6. The van der Waals surface area contributed by atoms with E-state index in [4.69, 9.17) is 9.47 Å². The summed E-state index contributed by atoms with van der Waals surface area (Å²) in [5, 5.41) is 1.76. The van der Waals surface area contributed by atoms with Gasteiger partial charge < -0.3 is 9.47 Å². The van der Waals surface area contributed by atoms with Crippen LogP contribution in [0.15, 0.2) is 52.0 Å². The van der Waals surface area contributed by atoms with Crippen molar-refractivity contribution in [3.8, 4) is 0 Å². The number of nitrogens with one attached hydrogen (secondary N) is 1. The minimum absolute atomic E-state index is 0.148. The van der Waals surface area contributed by atoms with E-state index in [0.29, 0.717) is 27.5 Å². The summed E-state index contributed by atoms with van der Waals surface area (Å²) < 4.78 is 82.2. The van der Waals surface area contributed by atoms with Crippen molar-refractivity contribution < 1.29 is 31.1 Å². The Bertz CT molecular complexity index is 1190. The predicted octanol–water partition coefficient (Wildman–Crippen LogP) is 4.53. The molecule has 0 aromatic heterocycles. The number of halogens is 4. The fourth-order valence-corrected chi connectivity index (χ4v) is 5.94. The summed E-state index contributed by atoms with van der Waals surface area (Å²) in [6.07, 6.45) is 4.34. The topological polar surface area (TPSA) is 71.1 Å². The van der Waals surface area contributed by atoms with Crippen molar-refractivity contribution in [1.29, 1.82) is 0 Å². The molecular formula is C22H23BrF3N3O4S. The summed E-state index contributed by atoms with van der Waals surface area (Å²) in [4.78, 5) is -0.921. The van der Waals surface area contributed by atoms with Gasteiger partial charge in [0.05, 0.1) is 11.7 Å². The molecule has 34 heavy (non-hydrogen) atoms. The van der Waals surface area contributed by atoms with Crippen LogP contribution in [0.1, 0.15) is 30.9 Å². The molecule has 4 rings (SSSR count). The first-order valence-corrected chi connectivity index (χ1v) is 12.8. The second kappa shape index (κ2) is 10.2. The summed E-state index contributed by atoms with van der Waals surface area (Å²) in [6.45, 7) is 0.0130. The summed E-state index contributed by atoms with van der Waals surface area (Å²) in [5.41, 5.74) is 2.96. The Hall–Kier alpha value is -2.12. The highest BCUT2D eigenvalue weighted by molar-refractivity contribution is 9.11. The fourth-order valence-electron chi connectivity index (χ4n) is 3.91. The number of hydrogen-bond donors (Lipinski definition) is 1. The zero-order chi connectivity index (χ0) is 24.5. The molecule has 0 aliphatic carbocycles. The Kier molecular flexibility index (Phi) is 7.53. The van der Waals surface area contributed by atoms with Crippen LogP contribution >= 0.6 is 15.9 Å². The zero-order valence-electron chi connectivity index (χ0n) is 18.2. The monoisotopic (exact) mass is 561 g/mol. The SMILES string of the molecule is COCN(c1cccc(C2NN(C3CCCCO3)C=C2Br)c1F)S(=O)(=O)c1cc(F)ccc1F. The van der Waals surface area contributed by atoms with Gasteiger partial charge in [-0.15, -0.1) is 0 Å². The van der Waals surface area contributed by atoms with E-state index in [1.54, 1.807) is 11.2 Å². The lowest BCUT2D eigenvalue weighted by Gasteiger charge is -2.32. The molecule has 12 heteroatoms. The lowest BCUT2D eigenvalue weighted by molar-refractivity contribution is -0.0832. The van der Waals surface area contributed by atoms with Crippen LogP contribution in [0.4, 0.5) is 18.9 Å². The molecular weight excluding hydrogens is 539 g/mol. The van der Waals surface area contributed by atoms with E-state index in [1.165, 1.54) is 25.3 Å². The molecule has 2 heterocycles. The minimum atomic E-state index is -4.70. The molecule has 2 aromatic carbocycles. The van der Waals surface area contributed by atoms with Gasteiger partial charge in [-0.2, -0.15) is 0 Å². The molecule has 2 aliphatic rings. The van der Waals surface area contributed by atoms with Crippen LogP contribution in [0.5, 0.6) is 0 Å². The van der Waals surface area contributed by atoms with Gasteiger partial charge in [-0.05, 0) is 43.5 Å². The van der Waals surface area contributed by atoms with Crippen LogP contribution < -0.4 is 9.73 Å². The number of rotatable bonds is 7. The molecule has 0 radical (unpaired) electrons. The summed E-state index contributed by atoms with van der Waals surface area (Å²) in [6, 6.07) is 5.63. The Labute approximate surface area is 204 Å². The smallest absolute Gasteiger partial charge is 0.269 e. The highest BCUT2D eigenvalue weighted by atomic mass is 79.9. The van der Waals surface area contributed by atoms with E-state index >= 15 is 4.39 Å². The third kappa shape index (κ3) is 4.82. The van der Waals surface area contributed by atoms with Crippen molar-refractivity contribution in [2.75, 3.05) is 24.8 Å². The second-order valence-corrected chi connectivity index (χ2v) is 10.6. The van der Waals surface area contributed by atoms with E-state index in [1.807, 2.05) is 0 Å². The van der Waals surface area contributed by atoms with Gasteiger partial charge in [-0.1, -0.05) is 28.1 Å². The first kappa shape index (κ1) is 25.0. The van der Waals surface area contributed by atoms with Crippen LogP contribution in [0.3, 0.4) is 0 Å². The Balaban J connectivity index is 1.69. The largest absolute Gasteiger partial charge is 0.363 e. The average Bonchev–Trinajstić information content (AvgIpc) is 3.21. The molecule has 1 fully saturated rings. The third-order valence-corrected chi connectivity index (χ3v) is 7.99. The average molecular weight is 562 g/mol. The zero-order valence-corrected chi connectivity index (χ0v) is 20.6. The van der Waals surface area contributed by atoms with E-state index in [9.17, 15) is 17.2 Å². The molecule has 2 atom stereocenters. The second-order valence-electron chi connectivity index (χ2n) is 7.83. The maximum Gasteiger partial charge on any atom is 0.269 e. The first-order chi connectivity index (χ1) is 16.2. The van der Waals surface area contributed by atoms with Crippen LogP contribution in [-0.2, 0) is 19.5 Å². The number of ether oxygens (including phenoxy) is 2. The number of anilines is 1. The van der Waals surface area contributed by atoms with Crippen LogP contribution in [-0.4, -0.2) is 40.1 Å². The summed E-state index contributed by atoms with van der Waals surface area (Å²) in [5.74, 6) is -2.96. The molecule has 2 aromatic rings. The summed E-state index contributed by atoms with van der Waals surface area (Å²) in [7, 11) is -3.48. The van der Waals surface area contributed by atoms with E-state index in [2.05, 4.69) is 21.4 Å². The van der Waals surface area contributed by atoms with Gasteiger partial charge in [-0.25, -0.2) is 31.3 Å². The van der Waals surface area contributed by atoms with Gasteiger partial charge in [0.25, 0.3) is 10.0 Å². The molecule has 1 saturated heterocycles. The van der Waals surface area contributed by atoms with E-state index in [0.717, 1.165) is 25.3 Å². The highest BCUT2D eigenvalue weighted by Crippen LogP contribution is 2.38. The number of methoxy groups -OCH3 is 1. The molecule has 0 amide bonds. The molecule has 184 valence electrons. The molecule has 0 bridgehead atoms. The number of sulfonamides is 1. The molecule has 7 nitrogen and oxygen atoms in total. The first-order valence-electron chi connectivity index (χ1n) is 10.5. The Morgan fingerprint density at radius 1 is 1.24 bits per heavy atom. The minimum Gasteiger partial charge on any atom is -0.363 e. The molecule has 2 unspecified atom stereocenters. The Morgan fingerprint density at radius 3 is 2.74 bits per heavy atom. The van der Waals surface area contributed by atoms with Gasteiger partial charge in [0.15, 0.2) is 5.82 Å². The van der Waals surface area contributed by atoms with Gasteiger partial charge in [0.2, 0.25) is 0 Å². The van der Waals surface area contributed by atoms with Gasteiger partial charge in [-0.3, -0.25) is 5.01 Å². The van der Waals surface area contributed by atoms with E-state index in [-0.39, 0.29) is 17.5 Å². The maximum absolute atomic E-state index is 15.8. The van der Waals surface area contributed by atoms with Crippen LogP contribution in [0.2, 0.25) is 0 Å².